The number of allylic oxidation sites excluding steroid dienone is 1. The number of rotatable bonds is 4. The number of benzene rings is 1. The van der Waals surface area contributed by atoms with Gasteiger partial charge in [-0.15, -0.1) is 0 Å². The average Bonchev–Trinajstić information content (AvgIpc) is 2.38. The third-order valence-electron chi connectivity index (χ3n) is 4.85. The predicted octanol–water partition coefficient (Wildman–Crippen LogP) is 5.15. The molecular weight excluding hydrogens is 260 g/mol. The van der Waals surface area contributed by atoms with Gasteiger partial charge in [0.1, 0.15) is 11.5 Å². The summed E-state index contributed by atoms with van der Waals surface area (Å²) in [5, 5.41) is 20.9. The Hall–Kier alpha value is -1.44. The Morgan fingerprint density at radius 3 is 2.38 bits per heavy atom. The number of phenolic OH excluding ortho intramolecular Hbond substituents is 2. The fraction of sp³-hybridized carbons (Fsp3) is 0.579. The lowest BCUT2D eigenvalue weighted by Gasteiger charge is -2.36. The molecule has 1 fully saturated rings. The van der Waals surface area contributed by atoms with Gasteiger partial charge in [-0.25, -0.2) is 0 Å². The Bertz CT molecular complexity index is 495. The number of aromatic hydroxyl groups is 2. The summed E-state index contributed by atoms with van der Waals surface area (Å²) in [5.41, 5.74) is 2.89. The van der Waals surface area contributed by atoms with Gasteiger partial charge in [0.25, 0.3) is 0 Å². The van der Waals surface area contributed by atoms with E-state index < -0.39 is 0 Å². The van der Waals surface area contributed by atoms with Crippen LogP contribution in [0.25, 0.3) is 0 Å². The highest BCUT2D eigenvalue weighted by Gasteiger charge is 2.33. The third kappa shape index (κ3) is 3.42. The fourth-order valence-electron chi connectivity index (χ4n) is 3.78. The molecule has 0 heterocycles. The SMILES string of the molecule is C=C(C)[C@H]1CC[C@H](C)C[C@@H]1c1c(O)cc(CCC)cc1O. The summed E-state index contributed by atoms with van der Waals surface area (Å²) < 4.78 is 0. The van der Waals surface area contributed by atoms with Crippen LogP contribution in [0.3, 0.4) is 0 Å². The molecule has 116 valence electrons. The molecule has 0 radical (unpaired) electrons. The number of aryl methyl sites for hydroxylation is 1. The Morgan fingerprint density at radius 2 is 1.86 bits per heavy atom. The van der Waals surface area contributed by atoms with Crippen LogP contribution in [0, 0.1) is 11.8 Å². The van der Waals surface area contributed by atoms with Crippen molar-refractivity contribution in [3.05, 3.63) is 35.4 Å². The zero-order valence-electron chi connectivity index (χ0n) is 13.5. The van der Waals surface area contributed by atoms with E-state index in [1.807, 2.05) is 12.1 Å². The van der Waals surface area contributed by atoms with Gasteiger partial charge in [0, 0.05) is 5.56 Å². The fourth-order valence-corrected chi connectivity index (χ4v) is 3.78. The summed E-state index contributed by atoms with van der Waals surface area (Å²) >= 11 is 0. The first kappa shape index (κ1) is 15.9. The van der Waals surface area contributed by atoms with Crippen molar-refractivity contribution < 1.29 is 10.2 Å². The van der Waals surface area contributed by atoms with Gasteiger partial charge in [-0.3, -0.25) is 0 Å². The molecule has 3 atom stereocenters. The summed E-state index contributed by atoms with van der Waals surface area (Å²) in [6.07, 6.45) is 5.19. The Morgan fingerprint density at radius 1 is 1.24 bits per heavy atom. The maximum Gasteiger partial charge on any atom is 0.123 e. The van der Waals surface area contributed by atoms with E-state index in [0.29, 0.717) is 11.8 Å². The number of hydrogen-bond acceptors (Lipinski definition) is 2. The summed E-state index contributed by atoms with van der Waals surface area (Å²) in [6.45, 7) is 10.5. The van der Waals surface area contributed by atoms with Gasteiger partial charge in [0.05, 0.1) is 0 Å². The van der Waals surface area contributed by atoms with Crippen LogP contribution in [0.5, 0.6) is 11.5 Å². The second-order valence-electron chi connectivity index (χ2n) is 6.78. The van der Waals surface area contributed by atoms with Crippen LogP contribution >= 0.6 is 0 Å². The van der Waals surface area contributed by atoms with Crippen molar-refractivity contribution in [1.29, 1.82) is 0 Å². The zero-order chi connectivity index (χ0) is 15.6. The monoisotopic (exact) mass is 288 g/mol. The van der Waals surface area contributed by atoms with Crippen LogP contribution in [-0.4, -0.2) is 10.2 Å². The van der Waals surface area contributed by atoms with Crippen molar-refractivity contribution in [2.75, 3.05) is 0 Å². The molecule has 0 spiro atoms. The predicted molar refractivity (Wildman–Crippen MR) is 87.8 cm³/mol. The number of hydrogen-bond donors (Lipinski definition) is 2. The van der Waals surface area contributed by atoms with Crippen molar-refractivity contribution in [3.8, 4) is 11.5 Å². The lowest BCUT2D eigenvalue weighted by molar-refractivity contribution is 0.267. The molecule has 2 nitrogen and oxygen atoms in total. The molecule has 1 saturated carbocycles. The van der Waals surface area contributed by atoms with Crippen LogP contribution in [-0.2, 0) is 6.42 Å². The highest BCUT2D eigenvalue weighted by Crippen LogP contribution is 2.49. The summed E-state index contributed by atoms with van der Waals surface area (Å²) in [6, 6.07) is 3.65. The molecule has 0 aliphatic heterocycles. The van der Waals surface area contributed by atoms with Crippen LogP contribution in [0.4, 0.5) is 0 Å². The standard InChI is InChI=1S/C19H28O2/c1-5-6-14-10-17(20)19(18(21)11-14)16-9-13(4)7-8-15(16)12(2)3/h10-11,13,15-16,20-21H,2,5-9H2,1,3-4H3/t13-,15+,16-/m0/s1. The van der Waals surface area contributed by atoms with E-state index in [9.17, 15) is 10.2 Å². The van der Waals surface area contributed by atoms with Gasteiger partial charge >= 0.3 is 0 Å². The smallest absolute Gasteiger partial charge is 0.123 e. The summed E-state index contributed by atoms with van der Waals surface area (Å²) in [5.74, 6) is 1.67. The quantitative estimate of drug-likeness (QED) is 0.752. The number of phenols is 2. The van der Waals surface area contributed by atoms with E-state index >= 15 is 0 Å². The molecule has 0 saturated heterocycles. The third-order valence-corrected chi connectivity index (χ3v) is 4.85. The summed E-state index contributed by atoms with van der Waals surface area (Å²) in [7, 11) is 0. The average molecular weight is 288 g/mol. The Labute approximate surface area is 128 Å². The molecule has 2 rings (SSSR count). The largest absolute Gasteiger partial charge is 0.508 e. The molecule has 1 aliphatic rings. The Kier molecular flexibility index (Phi) is 4.97. The van der Waals surface area contributed by atoms with E-state index in [1.165, 1.54) is 6.42 Å². The van der Waals surface area contributed by atoms with Crippen molar-refractivity contribution in [3.63, 3.8) is 0 Å². The normalized spacial score (nSPS) is 25.8. The topological polar surface area (TPSA) is 40.5 Å². The molecule has 21 heavy (non-hydrogen) atoms. The molecule has 1 aromatic rings. The molecule has 0 bridgehead atoms. The van der Waals surface area contributed by atoms with Gasteiger partial charge in [0.15, 0.2) is 0 Å². The maximum atomic E-state index is 10.4. The van der Waals surface area contributed by atoms with E-state index in [2.05, 4.69) is 27.4 Å². The second-order valence-corrected chi connectivity index (χ2v) is 6.78. The lowest BCUT2D eigenvalue weighted by atomic mass is 9.69. The van der Waals surface area contributed by atoms with Crippen molar-refractivity contribution >= 4 is 0 Å². The molecule has 0 unspecified atom stereocenters. The van der Waals surface area contributed by atoms with E-state index in [-0.39, 0.29) is 17.4 Å². The minimum absolute atomic E-state index is 0.182. The van der Waals surface area contributed by atoms with Crippen LogP contribution < -0.4 is 0 Å². The van der Waals surface area contributed by atoms with Gasteiger partial charge < -0.3 is 10.2 Å². The van der Waals surface area contributed by atoms with E-state index in [0.717, 1.165) is 42.4 Å². The highest BCUT2D eigenvalue weighted by molar-refractivity contribution is 5.49. The Balaban J connectivity index is 2.40. The van der Waals surface area contributed by atoms with E-state index in [1.54, 1.807) is 0 Å². The van der Waals surface area contributed by atoms with Crippen molar-refractivity contribution in [1.82, 2.24) is 0 Å². The van der Waals surface area contributed by atoms with Gasteiger partial charge in [0.2, 0.25) is 0 Å². The first-order chi connectivity index (χ1) is 9.93. The maximum absolute atomic E-state index is 10.4. The molecule has 1 aliphatic carbocycles. The van der Waals surface area contributed by atoms with Crippen LogP contribution in [0.1, 0.15) is 63.5 Å². The van der Waals surface area contributed by atoms with Gasteiger partial charge in [-0.1, -0.05) is 38.8 Å². The van der Waals surface area contributed by atoms with Crippen LogP contribution in [0.2, 0.25) is 0 Å². The first-order valence-electron chi connectivity index (χ1n) is 8.14. The van der Waals surface area contributed by atoms with E-state index in [4.69, 9.17) is 0 Å². The second kappa shape index (κ2) is 6.55. The molecule has 2 N–H and O–H groups in total. The summed E-state index contributed by atoms with van der Waals surface area (Å²) in [4.78, 5) is 0. The van der Waals surface area contributed by atoms with Gasteiger partial charge in [-0.05, 0) is 61.6 Å². The van der Waals surface area contributed by atoms with Crippen molar-refractivity contribution in [2.24, 2.45) is 11.8 Å². The molecule has 0 aromatic heterocycles. The molecular formula is C19H28O2. The molecule has 2 heteroatoms. The lowest BCUT2D eigenvalue weighted by Crippen LogP contribution is -2.23. The highest BCUT2D eigenvalue weighted by atomic mass is 16.3. The zero-order valence-corrected chi connectivity index (χ0v) is 13.5. The first-order valence-corrected chi connectivity index (χ1v) is 8.14. The van der Waals surface area contributed by atoms with Gasteiger partial charge in [-0.2, -0.15) is 0 Å². The minimum Gasteiger partial charge on any atom is -0.508 e. The molecule has 1 aromatic carbocycles. The minimum atomic E-state index is 0.182. The molecule has 0 amide bonds. The van der Waals surface area contributed by atoms with Crippen LogP contribution in [0.15, 0.2) is 24.3 Å². The van der Waals surface area contributed by atoms with Crippen molar-refractivity contribution in [2.45, 2.75) is 58.8 Å².